The fourth-order valence-corrected chi connectivity index (χ4v) is 2.22. The van der Waals surface area contributed by atoms with Crippen molar-refractivity contribution >= 4 is 5.97 Å². The quantitative estimate of drug-likeness (QED) is 0.739. The van der Waals surface area contributed by atoms with Crippen LogP contribution in [0.25, 0.3) is 0 Å². The third-order valence-corrected chi connectivity index (χ3v) is 3.44. The summed E-state index contributed by atoms with van der Waals surface area (Å²) in [6, 6.07) is 9.03. The fourth-order valence-electron chi connectivity index (χ4n) is 2.22. The lowest BCUT2D eigenvalue weighted by Gasteiger charge is -2.13. The van der Waals surface area contributed by atoms with Crippen molar-refractivity contribution in [2.75, 3.05) is 7.11 Å². The molecular formula is C16H20N2O3. The van der Waals surface area contributed by atoms with E-state index in [1.807, 2.05) is 26.0 Å². The molecule has 0 aliphatic carbocycles. The molecule has 2 aromatic rings. The van der Waals surface area contributed by atoms with Gasteiger partial charge in [-0.25, -0.2) is 4.79 Å². The predicted molar refractivity (Wildman–Crippen MR) is 80.2 cm³/mol. The van der Waals surface area contributed by atoms with E-state index in [-0.39, 0.29) is 17.8 Å². The summed E-state index contributed by atoms with van der Waals surface area (Å²) >= 11 is 0. The largest absolute Gasteiger partial charge is 0.508 e. The first-order valence-electron chi connectivity index (χ1n) is 6.80. The molecule has 1 aromatic carbocycles. The van der Waals surface area contributed by atoms with Gasteiger partial charge in [-0.15, -0.1) is 0 Å². The molecule has 0 radical (unpaired) electrons. The Hall–Kier alpha value is -2.27. The second-order valence-electron chi connectivity index (χ2n) is 5.02. The highest BCUT2D eigenvalue weighted by Crippen LogP contribution is 2.18. The number of aromatic nitrogens is 1. The molecule has 1 heterocycles. The zero-order valence-corrected chi connectivity index (χ0v) is 12.4. The van der Waals surface area contributed by atoms with Gasteiger partial charge >= 0.3 is 5.97 Å². The number of benzene rings is 1. The van der Waals surface area contributed by atoms with E-state index in [2.05, 4.69) is 10.3 Å². The average molecular weight is 288 g/mol. The van der Waals surface area contributed by atoms with E-state index in [9.17, 15) is 9.90 Å². The molecule has 5 nitrogen and oxygen atoms in total. The number of hydrogen-bond acceptors (Lipinski definition) is 4. The first-order chi connectivity index (χ1) is 10.0. The number of carbonyl (C=O) groups is 1. The Bertz CT molecular complexity index is 634. The lowest BCUT2D eigenvalue weighted by molar-refractivity contribution is 0.0600. The van der Waals surface area contributed by atoms with Crippen molar-refractivity contribution in [3.8, 4) is 5.75 Å². The normalized spacial score (nSPS) is 12.1. The summed E-state index contributed by atoms with van der Waals surface area (Å²) in [5.74, 6) is -0.0825. The van der Waals surface area contributed by atoms with E-state index in [0.29, 0.717) is 12.1 Å². The number of hydrogen-bond donors (Lipinski definition) is 3. The molecule has 112 valence electrons. The lowest BCUT2D eigenvalue weighted by atomic mass is 10.1. The highest BCUT2D eigenvalue weighted by Gasteiger charge is 2.13. The van der Waals surface area contributed by atoms with Gasteiger partial charge in [0.15, 0.2) is 0 Å². The zero-order chi connectivity index (χ0) is 15.4. The molecule has 0 unspecified atom stereocenters. The van der Waals surface area contributed by atoms with Gasteiger partial charge in [-0.3, -0.25) is 0 Å². The summed E-state index contributed by atoms with van der Waals surface area (Å²) in [6.07, 6.45) is 0. The summed E-state index contributed by atoms with van der Waals surface area (Å²) in [6.45, 7) is 4.45. The molecule has 21 heavy (non-hydrogen) atoms. The highest BCUT2D eigenvalue weighted by atomic mass is 16.5. The van der Waals surface area contributed by atoms with Crippen molar-refractivity contribution in [1.82, 2.24) is 10.3 Å². The van der Waals surface area contributed by atoms with Gasteiger partial charge in [0.1, 0.15) is 5.75 Å². The van der Waals surface area contributed by atoms with Crippen molar-refractivity contribution in [1.29, 1.82) is 0 Å². The van der Waals surface area contributed by atoms with Crippen LogP contribution in [0.3, 0.4) is 0 Å². The molecule has 0 amide bonds. The second kappa shape index (κ2) is 6.45. The van der Waals surface area contributed by atoms with Crippen LogP contribution in [0, 0.1) is 6.92 Å². The molecule has 0 bridgehead atoms. The van der Waals surface area contributed by atoms with Gasteiger partial charge in [-0.05, 0) is 37.6 Å². The smallest absolute Gasteiger partial charge is 0.339 e. The van der Waals surface area contributed by atoms with Gasteiger partial charge < -0.3 is 20.1 Å². The van der Waals surface area contributed by atoms with Gasteiger partial charge in [0, 0.05) is 24.0 Å². The molecule has 1 atom stereocenters. The van der Waals surface area contributed by atoms with Crippen LogP contribution in [0.5, 0.6) is 5.75 Å². The number of nitrogens with one attached hydrogen (secondary N) is 2. The van der Waals surface area contributed by atoms with Gasteiger partial charge in [0.2, 0.25) is 0 Å². The van der Waals surface area contributed by atoms with Crippen LogP contribution in [0.15, 0.2) is 30.3 Å². The number of aromatic hydroxyl groups is 1. The number of H-pyrrole nitrogens is 1. The summed E-state index contributed by atoms with van der Waals surface area (Å²) in [5, 5.41) is 12.8. The minimum Gasteiger partial charge on any atom is -0.508 e. The van der Waals surface area contributed by atoms with Gasteiger partial charge in [-0.1, -0.05) is 12.1 Å². The number of aryl methyl sites for hydroxylation is 1. The van der Waals surface area contributed by atoms with E-state index in [0.717, 1.165) is 17.0 Å². The monoisotopic (exact) mass is 288 g/mol. The summed E-state index contributed by atoms with van der Waals surface area (Å²) in [4.78, 5) is 14.7. The van der Waals surface area contributed by atoms with E-state index in [1.54, 1.807) is 18.2 Å². The van der Waals surface area contributed by atoms with Crippen LogP contribution in [0.4, 0.5) is 0 Å². The highest BCUT2D eigenvalue weighted by molar-refractivity contribution is 5.90. The van der Waals surface area contributed by atoms with Gasteiger partial charge in [0.05, 0.1) is 12.7 Å². The Morgan fingerprint density at radius 3 is 2.86 bits per heavy atom. The number of esters is 1. The molecule has 2 rings (SSSR count). The number of ether oxygens (including phenoxy) is 1. The maximum atomic E-state index is 11.6. The SMILES string of the molecule is COC(=O)c1cc(CN[C@@H](C)c2cccc(O)c2)[nH]c1C. The third kappa shape index (κ3) is 3.64. The predicted octanol–water partition coefficient (Wildman–Crippen LogP) is 2.67. The molecule has 0 aliphatic heterocycles. The molecule has 0 saturated heterocycles. The average Bonchev–Trinajstić information content (AvgIpc) is 2.85. The number of methoxy groups -OCH3 is 1. The molecule has 0 aliphatic rings. The minimum atomic E-state index is -0.337. The molecule has 0 saturated carbocycles. The lowest BCUT2D eigenvalue weighted by Crippen LogP contribution is -2.18. The third-order valence-electron chi connectivity index (χ3n) is 3.44. The number of aromatic amines is 1. The molecular weight excluding hydrogens is 268 g/mol. The number of phenols is 1. The fraction of sp³-hybridized carbons (Fsp3) is 0.312. The van der Waals surface area contributed by atoms with E-state index >= 15 is 0 Å². The second-order valence-corrected chi connectivity index (χ2v) is 5.02. The Kier molecular flexibility index (Phi) is 4.65. The standard InChI is InChI=1S/C16H20N2O3/c1-10(12-5-4-6-14(19)7-12)17-9-13-8-15(11(2)18-13)16(20)21-3/h4-8,10,17-19H,9H2,1-3H3/t10-/m0/s1. The first-order valence-corrected chi connectivity index (χ1v) is 6.80. The van der Waals surface area contributed by atoms with Crippen LogP contribution < -0.4 is 5.32 Å². The van der Waals surface area contributed by atoms with Crippen LogP contribution in [-0.4, -0.2) is 23.2 Å². The number of phenolic OH excluding ortho intramolecular Hbond substituents is 1. The number of carbonyl (C=O) groups excluding carboxylic acids is 1. The van der Waals surface area contributed by atoms with Crippen molar-refractivity contribution < 1.29 is 14.6 Å². The minimum absolute atomic E-state index is 0.0854. The van der Waals surface area contributed by atoms with Gasteiger partial charge in [0.25, 0.3) is 0 Å². The Labute approximate surface area is 124 Å². The van der Waals surface area contributed by atoms with Crippen molar-refractivity contribution in [2.24, 2.45) is 0 Å². The Balaban J connectivity index is 2.01. The van der Waals surface area contributed by atoms with E-state index < -0.39 is 0 Å². The summed E-state index contributed by atoms with van der Waals surface area (Å²) in [5.41, 5.74) is 3.27. The number of rotatable bonds is 5. The van der Waals surface area contributed by atoms with Gasteiger partial charge in [-0.2, -0.15) is 0 Å². The Morgan fingerprint density at radius 2 is 2.19 bits per heavy atom. The van der Waals surface area contributed by atoms with E-state index in [4.69, 9.17) is 4.74 Å². The molecule has 0 spiro atoms. The first kappa shape index (κ1) is 15.1. The topological polar surface area (TPSA) is 74.3 Å². The van der Waals surface area contributed by atoms with Crippen LogP contribution in [0.1, 0.15) is 40.3 Å². The van der Waals surface area contributed by atoms with Crippen molar-refractivity contribution in [3.63, 3.8) is 0 Å². The van der Waals surface area contributed by atoms with Crippen molar-refractivity contribution in [2.45, 2.75) is 26.4 Å². The summed E-state index contributed by atoms with van der Waals surface area (Å²) < 4.78 is 4.73. The molecule has 5 heteroatoms. The van der Waals surface area contributed by atoms with Crippen LogP contribution in [0.2, 0.25) is 0 Å². The van der Waals surface area contributed by atoms with E-state index in [1.165, 1.54) is 7.11 Å². The van der Waals surface area contributed by atoms with Crippen LogP contribution >= 0.6 is 0 Å². The molecule has 0 fully saturated rings. The maximum absolute atomic E-state index is 11.6. The van der Waals surface area contributed by atoms with Crippen molar-refractivity contribution in [3.05, 3.63) is 52.8 Å². The Morgan fingerprint density at radius 1 is 1.43 bits per heavy atom. The summed E-state index contributed by atoms with van der Waals surface area (Å²) in [7, 11) is 1.37. The van der Waals surface area contributed by atoms with Crippen LogP contribution in [-0.2, 0) is 11.3 Å². The maximum Gasteiger partial charge on any atom is 0.339 e. The molecule has 3 N–H and O–H groups in total. The zero-order valence-electron chi connectivity index (χ0n) is 12.4. The molecule has 1 aromatic heterocycles.